The fourth-order valence-corrected chi connectivity index (χ4v) is 2.48. The summed E-state index contributed by atoms with van der Waals surface area (Å²) in [5.74, 6) is 0.0100. The molecule has 20 heavy (non-hydrogen) atoms. The van der Waals surface area contributed by atoms with E-state index in [4.69, 9.17) is 16.3 Å². The van der Waals surface area contributed by atoms with Gasteiger partial charge in [0.2, 0.25) is 0 Å². The van der Waals surface area contributed by atoms with E-state index in [1.54, 1.807) is 12.1 Å². The van der Waals surface area contributed by atoms with Crippen molar-refractivity contribution in [3.05, 3.63) is 34.6 Å². The molecule has 1 rings (SSSR count). The first-order chi connectivity index (χ1) is 9.51. The van der Waals surface area contributed by atoms with Crippen molar-refractivity contribution in [2.45, 2.75) is 46.3 Å². The van der Waals surface area contributed by atoms with Gasteiger partial charge in [-0.1, -0.05) is 38.4 Å². The Hall–Kier alpha value is -0.640. The number of benzene rings is 1. The highest BCUT2D eigenvalue weighted by atomic mass is 35.5. The van der Waals surface area contributed by atoms with Crippen LogP contribution in [0, 0.1) is 11.7 Å². The van der Waals surface area contributed by atoms with Crippen LogP contribution in [0.1, 0.15) is 45.7 Å². The Balaban J connectivity index is 3.08. The van der Waals surface area contributed by atoms with Crippen LogP contribution < -0.4 is 5.32 Å². The Morgan fingerprint density at radius 3 is 2.50 bits per heavy atom. The minimum atomic E-state index is -0.281. The average molecular weight is 302 g/mol. The largest absolute Gasteiger partial charge is 0.376 e. The highest BCUT2D eigenvalue weighted by Gasteiger charge is 2.28. The van der Waals surface area contributed by atoms with Gasteiger partial charge in [0.15, 0.2) is 0 Å². The second kappa shape index (κ2) is 8.60. The average Bonchev–Trinajstić information content (AvgIpc) is 2.39. The lowest BCUT2D eigenvalue weighted by Crippen LogP contribution is -2.38. The second-order valence-corrected chi connectivity index (χ2v) is 5.70. The molecule has 114 valence electrons. The zero-order valence-electron chi connectivity index (χ0n) is 12.7. The third kappa shape index (κ3) is 4.72. The normalized spacial score (nSPS) is 14.6. The van der Waals surface area contributed by atoms with Gasteiger partial charge in [0.25, 0.3) is 0 Å². The molecule has 0 heterocycles. The minimum Gasteiger partial charge on any atom is -0.376 e. The van der Waals surface area contributed by atoms with Crippen molar-refractivity contribution >= 4 is 11.6 Å². The van der Waals surface area contributed by atoms with Crippen molar-refractivity contribution in [3.63, 3.8) is 0 Å². The maximum atomic E-state index is 14.2. The van der Waals surface area contributed by atoms with Gasteiger partial charge in [-0.15, -0.1) is 0 Å². The molecule has 0 aliphatic carbocycles. The molecular weight excluding hydrogens is 277 g/mol. The summed E-state index contributed by atoms with van der Waals surface area (Å²) in [6, 6.07) is 4.68. The lowest BCUT2D eigenvalue weighted by atomic mass is 9.93. The van der Waals surface area contributed by atoms with Crippen LogP contribution in [-0.4, -0.2) is 19.3 Å². The van der Waals surface area contributed by atoms with Crippen molar-refractivity contribution in [1.29, 1.82) is 0 Å². The van der Waals surface area contributed by atoms with Crippen LogP contribution in [0.3, 0.4) is 0 Å². The molecule has 0 saturated heterocycles. The number of ether oxygens (including phenoxy) is 1. The molecule has 0 fully saturated rings. The second-order valence-electron chi connectivity index (χ2n) is 5.26. The van der Waals surface area contributed by atoms with Crippen molar-refractivity contribution in [1.82, 2.24) is 5.32 Å². The Morgan fingerprint density at radius 2 is 2.00 bits per heavy atom. The summed E-state index contributed by atoms with van der Waals surface area (Å²) in [7, 11) is 0. The molecule has 4 heteroatoms. The van der Waals surface area contributed by atoms with E-state index in [1.165, 1.54) is 6.07 Å². The van der Waals surface area contributed by atoms with Crippen molar-refractivity contribution in [2.75, 3.05) is 13.2 Å². The lowest BCUT2D eigenvalue weighted by Gasteiger charge is -2.31. The maximum Gasteiger partial charge on any atom is 0.129 e. The third-order valence-corrected chi connectivity index (χ3v) is 3.49. The van der Waals surface area contributed by atoms with Crippen LogP contribution in [0.25, 0.3) is 0 Å². The quantitative estimate of drug-likeness (QED) is 0.759. The number of hydrogen-bond acceptors (Lipinski definition) is 2. The minimum absolute atomic E-state index is 0.0674. The van der Waals surface area contributed by atoms with E-state index in [2.05, 4.69) is 26.1 Å². The van der Waals surface area contributed by atoms with Gasteiger partial charge in [0, 0.05) is 17.2 Å². The topological polar surface area (TPSA) is 21.3 Å². The smallest absolute Gasteiger partial charge is 0.129 e. The summed E-state index contributed by atoms with van der Waals surface area (Å²) in [5.41, 5.74) is 0.620. The first kappa shape index (κ1) is 17.4. The molecule has 0 bridgehead atoms. The maximum absolute atomic E-state index is 14.2. The van der Waals surface area contributed by atoms with Crippen LogP contribution in [0.15, 0.2) is 18.2 Å². The fourth-order valence-electron chi connectivity index (χ4n) is 2.32. The van der Waals surface area contributed by atoms with E-state index in [1.807, 2.05) is 6.92 Å². The summed E-state index contributed by atoms with van der Waals surface area (Å²) < 4.78 is 20.1. The molecule has 1 aromatic rings. The molecule has 1 N–H and O–H groups in total. The van der Waals surface area contributed by atoms with E-state index in [0.29, 0.717) is 23.1 Å². The monoisotopic (exact) mass is 301 g/mol. The third-order valence-electron chi connectivity index (χ3n) is 3.26. The van der Waals surface area contributed by atoms with Crippen molar-refractivity contribution < 1.29 is 9.13 Å². The number of rotatable bonds is 8. The Bertz CT molecular complexity index is 411. The molecule has 0 aromatic heterocycles. The molecule has 0 radical (unpaired) electrons. The molecule has 2 nitrogen and oxygen atoms in total. The standard InChI is InChI=1S/C16H25ClFNO/c1-5-9-19-15(16(11(3)4)20-6-2)13-8-7-12(17)10-14(13)18/h7-8,10-11,15-16,19H,5-6,9H2,1-4H3. The summed E-state index contributed by atoms with van der Waals surface area (Å²) in [4.78, 5) is 0. The fraction of sp³-hybridized carbons (Fsp3) is 0.625. The van der Waals surface area contributed by atoms with Crippen LogP contribution in [0.5, 0.6) is 0 Å². The zero-order chi connectivity index (χ0) is 15.1. The van der Waals surface area contributed by atoms with Crippen LogP contribution in [0.2, 0.25) is 5.02 Å². The number of halogens is 2. The van der Waals surface area contributed by atoms with Gasteiger partial charge in [0.1, 0.15) is 5.82 Å². The highest BCUT2D eigenvalue weighted by Crippen LogP contribution is 2.28. The predicted octanol–water partition coefficient (Wildman–Crippen LogP) is 4.58. The molecule has 0 aliphatic rings. The van der Waals surface area contributed by atoms with Crippen molar-refractivity contribution in [3.8, 4) is 0 Å². The Morgan fingerprint density at radius 1 is 1.30 bits per heavy atom. The number of nitrogens with one attached hydrogen (secondary N) is 1. The van der Waals surface area contributed by atoms with E-state index < -0.39 is 0 Å². The van der Waals surface area contributed by atoms with Gasteiger partial charge in [0.05, 0.1) is 12.1 Å². The van der Waals surface area contributed by atoms with Gasteiger partial charge < -0.3 is 10.1 Å². The van der Waals surface area contributed by atoms with Crippen LogP contribution in [-0.2, 0) is 4.74 Å². The summed E-state index contributed by atoms with van der Waals surface area (Å²) >= 11 is 5.84. The molecule has 1 aromatic carbocycles. The van der Waals surface area contributed by atoms with E-state index >= 15 is 0 Å². The van der Waals surface area contributed by atoms with Crippen LogP contribution in [0.4, 0.5) is 4.39 Å². The molecular formula is C16H25ClFNO. The summed E-state index contributed by atoms with van der Waals surface area (Å²) in [5, 5.41) is 3.82. The first-order valence-corrected chi connectivity index (χ1v) is 7.68. The van der Waals surface area contributed by atoms with Gasteiger partial charge >= 0.3 is 0 Å². The van der Waals surface area contributed by atoms with E-state index in [0.717, 1.165) is 13.0 Å². The molecule has 2 unspecified atom stereocenters. The Kier molecular flexibility index (Phi) is 7.49. The molecule has 2 atom stereocenters. The Labute approximate surface area is 126 Å². The van der Waals surface area contributed by atoms with Gasteiger partial charge in [-0.3, -0.25) is 0 Å². The van der Waals surface area contributed by atoms with E-state index in [9.17, 15) is 4.39 Å². The van der Waals surface area contributed by atoms with E-state index in [-0.39, 0.29) is 18.0 Å². The molecule has 0 saturated carbocycles. The van der Waals surface area contributed by atoms with Gasteiger partial charge in [-0.05, 0) is 37.9 Å². The van der Waals surface area contributed by atoms with Crippen LogP contribution >= 0.6 is 11.6 Å². The first-order valence-electron chi connectivity index (χ1n) is 7.31. The zero-order valence-corrected chi connectivity index (χ0v) is 13.5. The molecule has 0 spiro atoms. The lowest BCUT2D eigenvalue weighted by molar-refractivity contribution is 0.00203. The SMILES string of the molecule is CCCNC(c1ccc(Cl)cc1F)C(OCC)C(C)C. The molecule has 0 aliphatic heterocycles. The predicted molar refractivity (Wildman–Crippen MR) is 82.7 cm³/mol. The highest BCUT2D eigenvalue weighted by molar-refractivity contribution is 6.30. The molecule has 0 amide bonds. The number of hydrogen-bond donors (Lipinski definition) is 1. The summed E-state index contributed by atoms with van der Waals surface area (Å²) in [6.45, 7) is 9.67. The summed E-state index contributed by atoms with van der Waals surface area (Å²) in [6.07, 6.45) is 0.921. The van der Waals surface area contributed by atoms with Gasteiger partial charge in [-0.25, -0.2) is 4.39 Å². The van der Waals surface area contributed by atoms with Crippen molar-refractivity contribution in [2.24, 2.45) is 5.92 Å². The van der Waals surface area contributed by atoms with Gasteiger partial charge in [-0.2, -0.15) is 0 Å².